The largest absolute Gasteiger partial charge is 0.373 e. The number of hydrogen-bond donors (Lipinski definition) is 1. The topological polar surface area (TPSA) is 21.3 Å². The first-order chi connectivity index (χ1) is 9.58. The molecular weight excluding hydrogens is 253 g/mol. The van der Waals surface area contributed by atoms with E-state index < -0.39 is 0 Å². The highest BCUT2D eigenvalue weighted by atomic mass is 19.1. The molecule has 1 N–H and O–H groups in total. The van der Waals surface area contributed by atoms with Crippen LogP contribution in [0.25, 0.3) is 0 Å². The predicted molar refractivity (Wildman–Crippen MR) is 79.9 cm³/mol. The maximum absolute atomic E-state index is 13.8. The predicted octanol–water partition coefficient (Wildman–Crippen LogP) is 3.89. The second kappa shape index (κ2) is 7.19. The van der Waals surface area contributed by atoms with Crippen LogP contribution in [0, 0.1) is 17.7 Å². The molecule has 2 rings (SSSR count). The molecule has 3 heteroatoms. The molecule has 0 spiro atoms. The van der Waals surface area contributed by atoms with Crippen molar-refractivity contribution in [3.63, 3.8) is 0 Å². The summed E-state index contributed by atoms with van der Waals surface area (Å²) in [6.07, 6.45) is 3.76. The molecule has 2 atom stereocenters. The van der Waals surface area contributed by atoms with Gasteiger partial charge in [-0.3, -0.25) is 0 Å². The Hall–Kier alpha value is -0.930. The van der Waals surface area contributed by atoms with Gasteiger partial charge in [0.1, 0.15) is 5.82 Å². The normalized spacial score (nSPS) is 26.7. The summed E-state index contributed by atoms with van der Waals surface area (Å²) in [7, 11) is 1.89. The Labute approximate surface area is 121 Å². The van der Waals surface area contributed by atoms with Crippen molar-refractivity contribution in [1.82, 2.24) is 5.32 Å². The third-order valence-electron chi connectivity index (χ3n) is 4.10. The van der Waals surface area contributed by atoms with Crippen LogP contribution >= 0.6 is 0 Å². The Morgan fingerprint density at radius 3 is 2.55 bits per heavy atom. The van der Waals surface area contributed by atoms with Gasteiger partial charge in [-0.1, -0.05) is 19.9 Å². The van der Waals surface area contributed by atoms with Gasteiger partial charge in [-0.2, -0.15) is 0 Å². The number of ether oxygens (including phenoxy) is 1. The van der Waals surface area contributed by atoms with Crippen LogP contribution < -0.4 is 5.32 Å². The fourth-order valence-corrected chi connectivity index (χ4v) is 3.27. The molecule has 2 nitrogen and oxygen atoms in total. The molecule has 0 bridgehead atoms. The van der Waals surface area contributed by atoms with E-state index in [0.717, 1.165) is 24.9 Å². The average Bonchev–Trinajstić information content (AvgIpc) is 2.38. The van der Waals surface area contributed by atoms with Gasteiger partial charge in [-0.15, -0.1) is 0 Å². The molecule has 0 amide bonds. The van der Waals surface area contributed by atoms with Crippen molar-refractivity contribution in [3.8, 4) is 0 Å². The van der Waals surface area contributed by atoms with Gasteiger partial charge < -0.3 is 10.1 Å². The monoisotopic (exact) mass is 279 g/mol. The Balaban J connectivity index is 1.94. The Kier molecular flexibility index (Phi) is 5.55. The van der Waals surface area contributed by atoms with E-state index in [9.17, 15) is 4.39 Å². The third-order valence-corrected chi connectivity index (χ3v) is 4.10. The van der Waals surface area contributed by atoms with Crippen molar-refractivity contribution in [2.45, 2.75) is 52.4 Å². The zero-order chi connectivity index (χ0) is 14.5. The standard InChI is InChI=1S/C17H26FNO/c1-12-6-13(2)8-16(7-12)20-11-15-9-14(10-19-3)4-5-17(15)18/h4-5,9,12-13,16,19H,6-8,10-11H2,1-3H3. The van der Waals surface area contributed by atoms with Crippen LogP contribution in [-0.4, -0.2) is 13.2 Å². The molecule has 0 saturated heterocycles. The van der Waals surface area contributed by atoms with E-state index in [4.69, 9.17) is 4.74 Å². The van der Waals surface area contributed by atoms with Gasteiger partial charge >= 0.3 is 0 Å². The van der Waals surface area contributed by atoms with Crippen molar-refractivity contribution in [2.24, 2.45) is 11.8 Å². The first-order valence-electron chi connectivity index (χ1n) is 7.62. The van der Waals surface area contributed by atoms with Crippen LogP contribution in [0.5, 0.6) is 0 Å². The fraction of sp³-hybridized carbons (Fsp3) is 0.647. The third kappa shape index (κ3) is 4.29. The van der Waals surface area contributed by atoms with Gasteiger partial charge in [0.05, 0.1) is 12.7 Å². The highest BCUT2D eigenvalue weighted by Crippen LogP contribution is 2.31. The van der Waals surface area contributed by atoms with Gasteiger partial charge in [0.2, 0.25) is 0 Å². The van der Waals surface area contributed by atoms with E-state index in [0.29, 0.717) is 24.0 Å². The minimum absolute atomic E-state index is 0.165. The molecule has 0 heterocycles. The smallest absolute Gasteiger partial charge is 0.128 e. The molecule has 2 unspecified atom stereocenters. The Morgan fingerprint density at radius 2 is 1.90 bits per heavy atom. The van der Waals surface area contributed by atoms with Crippen molar-refractivity contribution in [1.29, 1.82) is 0 Å². The molecule has 1 fully saturated rings. The summed E-state index contributed by atoms with van der Waals surface area (Å²) in [4.78, 5) is 0. The van der Waals surface area contributed by atoms with Gasteiger partial charge in [-0.25, -0.2) is 4.39 Å². The van der Waals surface area contributed by atoms with Crippen LogP contribution in [-0.2, 0) is 17.9 Å². The Bertz CT molecular complexity index is 425. The maximum Gasteiger partial charge on any atom is 0.128 e. The molecule has 0 radical (unpaired) electrons. The minimum Gasteiger partial charge on any atom is -0.373 e. The van der Waals surface area contributed by atoms with Crippen molar-refractivity contribution in [2.75, 3.05) is 7.05 Å². The summed E-state index contributed by atoms with van der Waals surface area (Å²) in [5, 5.41) is 3.08. The van der Waals surface area contributed by atoms with Gasteiger partial charge in [0.25, 0.3) is 0 Å². The maximum atomic E-state index is 13.8. The van der Waals surface area contributed by atoms with E-state index in [2.05, 4.69) is 19.2 Å². The molecule has 1 aliphatic carbocycles. The molecule has 1 saturated carbocycles. The van der Waals surface area contributed by atoms with Crippen molar-refractivity contribution >= 4 is 0 Å². The van der Waals surface area contributed by atoms with Crippen LogP contribution in [0.3, 0.4) is 0 Å². The minimum atomic E-state index is -0.165. The number of rotatable bonds is 5. The molecule has 1 aromatic rings. The molecule has 0 aromatic heterocycles. The molecule has 112 valence electrons. The first-order valence-corrected chi connectivity index (χ1v) is 7.62. The number of hydrogen-bond acceptors (Lipinski definition) is 2. The van der Waals surface area contributed by atoms with Crippen LogP contribution in [0.15, 0.2) is 18.2 Å². The van der Waals surface area contributed by atoms with Crippen molar-refractivity contribution < 1.29 is 9.13 Å². The molecular formula is C17H26FNO. The highest BCUT2D eigenvalue weighted by molar-refractivity contribution is 5.24. The zero-order valence-electron chi connectivity index (χ0n) is 12.8. The highest BCUT2D eigenvalue weighted by Gasteiger charge is 2.24. The Morgan fingerprint density at radius 1 is 1.20 bits per heavy atom. The number of halogens is 1. The summed E-state index contributed by atoms with van der Waals surface area (Å²) in [6, 6.07) is 5.26. The van der Waals surface area contributed by atoms with Crippen LogP contribution in [0.4, 0.5) is 4.39 Å². The lowest BCUT2D eigenvalue weighted by molar-refractivity contribution is -0.0102. The van der Waals surface area contributed by atoms with E-state index in [1.807, 2.05) is 19.2 Å². The summed E-state index contributed by atoms with van der Waals surface area (Å²) >= 11 is 0. The molecule has 1 aromatic carbocycles. The summed E-state index contributed by atoms with van der Waals surface area (Å²) < 4.78 is 19.8. The summed E-state index contributed by atoms with van der Waals surface area (Å²) in [5.74, 6) is 1.26. The lowest BCUT2D eigenvalue weighted by Crippen LogP contribution is -2.26. The molecule has 20 heavy (non-hydrogen) atoms. The second-order valence-electron chi connectivity index (χ2n) is 6.31. The summed E-state index contributed by atoms with van der Waals surface area (Å²) in [6.45, 7) is 5.69. The lowest BCUT2D eigenvalue weighted by Gasteiger charge is -2.31. The SMILES string of the molecule is CNCc1ccc(F)c(COC2CC(C)CC(C)C2)c1. The molecule has 1 aliphatic rings. The fourth-order valence-electron chi connectivity index (χ4n) is 3.27. The van der Waals surface area contributed by atoms with Crippen molar-refractivity contribution in [3.05, 3.63) is 35.1 Å². The quantitative estimate of drug-likeness (QED) is 0.883. The average molecular weight is 279 g/mol. The number of benzene rings is 1. The second-order valence-corrected chi connectivity index (χ2v) is 6.31. The number of nitrogens with one attached hydrogen (secondary N) is 1. The van der Waals surface area contributed by atoms with E-state index in [1.165, 1.54) is 12.5 Å². The van der Waals surface area contributed by atoms with Crippen LogP contribution in [0.2, 0.25) is 0 Å². The van der Waals surface area contributed by atoms with E-state index >= 15 is 0 Å². The van der Waals surface area contributed by atoms with Crippen LogP contribution in [0.1, 0.15) is 44.2 Å². The van der Waals surface area contributed by atoms with Gasteiger partial charge in [0.15, 0.2) is 0 Å². The van der Waals surface area contributed by atoms with Gasteiger partial charge in [-0.05, 0) is 55.8 Å². The van der Waals surface area contributed by atoms with E-state index in [1.54, 1.807) is 0 Å². The zero-order valence-corrected chi connectivity index (χ0v) is 12.8. The lowest BCUT2D eigenvalue weighted by atomic mass is 9.82. The summed E-state index contributed by atoms with van der Waals surface area (Å²) in [5.41, 5.74) is 1.77. The first kappa shape index (κ1) is 15.5. The molecule has 0 aliphatic heterocycles. The van der Waals surface area contributed by atoms with E-state index in [-0.39, 0.29) is 11.9 Å². The van der Waals surface area contributed by atoms with Gasteiger partial charge in [0, 0.05) is 12.1 Å².